The Hall–Kier alpha value is -2.22. The largest absolute Gasteiger partial charge is 0.480 e. The van der Waals surface area contributed by atoms with Crippen molar-refractivity contribution in [2.24, 2.45) is 0 Å². The van der Waals surface area contributed by atoms with Crippen LogP contribution in [0.1, 0.15) is 41.4 Å². The van der Waals surface area contributed by atoms with E-state index in [1.807, 2.05) is 23.4 Å². The zero-order valence-electron chi connectivity index (χ0n) is 14.2. The van der Waals surface area contributed by atoms with Crippen LogP contribution in [-0.2, 0) is 22.6 Å². The molecule has 0 bridgehead atoms. The number of carbonyl (C=O) groups excluding carboxylic acids is 1. The fraction of sp³-hybridized carbons (Fsp3) is 0.529. The lowest BCUT2D eigenvalue weighted by atomic mass is 9.94. The minimum atomic E-state index is -0.909. The summed E-state index contributed by atoms with van der Waals surface area (Å²) in [5.41, 5.74) is 3.72. The summed E-state index contributed by atoms with van der Waals surface area (Å²) in [6.07, 6.45) is 4.72. The molecule has 3 rings (SSSR count). The van der Waals surface area contributed by atoms with Crippen molar-refractivity contribution in [1.82, 2.24) is 19.7 Å². The lowest BCUT2D eigenvalue weighted by Crippen LogP contribution is -2.39. The fourth-order valence-electron chi connectivity index (χ4n) is 3.34. The third-order valence-electron chi connectivity index (χ3n) is 4.64. The smallest absolute Gasteiger partial charge is 0.325 e. The molecule has 3 heterocycles. The number of carboxylic acids is 1. The van der Waals surface area contributed by atoms with Gasteiger partial charge in [0.2, 0.25) is 5.91 Å². The molecule has 8 heteroatoms. The summed E-state index contributed by atoms with van der Waals surface area (Å²) in [6.45, 7) is 3.23. The first-order valence-electron chi connectivity index (χ1n) is 8.45. The monoisotopic (exact) mass is 362 g/mol. The molecular weight excluding hydrogens is 340 g/mol. The third kappa shape index (κ3) is 4.25. The number of carbonyl (C=O) groups is 2. The van der Waals surface area contributed by atoms with Crippen LogP contribution in [0.25, 0.3) is 0 Å². The molecule has 0 radical (unpaired) electrons. The number of nitrogens with zero attached hydrogens (tertiary/aromatic N) is 4. The van der Waals surface area contributed by atoms with Gasteiger partial charge in [-0.3, -0.25) is 14.3 Å². The lowest BCUT2D eigenvalue weighted by molar-refractivity contribution is -0.138. The lowest BCUT2D eigenvalue weighted by Gasteiger charge is -2.33. The van der Waals surface area contributed by atoms with Crippen LogP contribution in [0.2, 0.25) is 0 Å². The summed E-state index contributed by atoms with van der Waals surface area (Å²) in [5.74, 6) is -0.611. The standard InChI is InChI=1S/C17H22N4O3S/c1-12-15(25-11-18-12)4-5-16(22)20-8-2-3-13(9-20)14-6-7-19-21(14)10-17(23)24/h6-7,11,13H,2-5,8-10H2,1H3,(H,23,24)/t13-/m1/s1. The molecule has 0 aromatic carbocycles. The highest BCUT2D eigenvalue weighted by molar-refractivity contribution is 7.09. The van der Waals surface area contributed by atoms with Gasteiger partial charge in [-0.2, -0.15) is 5.10 Å². The van der Waals surface area contributed by atoms with Crippen LogP contribution in [0.3, 0.4) is 0 Å². The molecule has 0 aliphatic carbocycles. The second-order valence-corrected chi connectivity index (χ2v) is 7.29. The maximum absolute atomic E-state index is 12.6. The van der Waals surface area contributed by atoms with Gasteiger partial charge >= 0.3 is 5.97 Å². The van der Waals surface area contributed by atoms with E-state index < -0.39 is 5.97 Å². The normalized spacial score (nSPS) is 17.6. The Kier molecular flexibility index (Phi) is 5.47. The number of rotatable bonds is 6. The predicted molar refractivity (Wildman–Crippen MR) is 93.6 cm³/mol. The third-order valence-corrected chi connectivity index (χ3v) is 5.63. The number of aliphatic carboxylic acids is 1. The quantitative estimate of drug-likeness (QED) is 0.850. The first-order valence-corrected chi connectivity index (χ1v) is 9.33. The molecular formula is C17H22N4O3S. The first-order chi connectivity index (χ1) is 12.0. The first kappa shape index (κ1) is 17.6. The summed E-state index contributed by atoms with van der Waals surface area (Å²) in [5, 5.41) is 13.1. The van der Waals surface area contributed by atoms with Crippen LogP contribution in [0.5, 0.6) is 0 Å². The maximum atomic E-state index is 12.6. The highest BCUT2D eigenvalue weighted by Gasteiger charge is 2.27. The predicted octanol–water partition coefficient (Wildman–Crippen LogP) is 2.07. The Bertz CT molecular complexity index is 755. The Morgan fingerprint density at radius 3 is 3.00 bits per heavy atom. The Morgan fingerprint density at radius 1 is 1.44 bits per heavy atom. The highest BCUT2D eigenvalue weighted by atomic mass is 32.1. The summed E-state index contributed by atoms with van der Waals surface area (Å²) >= 11 is 1.60. The molecule has 1 atom stereocenters. The van der Waals surface area contributed by atoms with Crippen molar-refractivity contribution >= 4 is 23.2 Å². The van der Waals surface area contributed by atoms with Gasteiger partial charge in [0.25, 0.3) is 0 Å². The molecule has 2 aromatic rings. The summed E-state index contributed by atoms with van der Waals surface area (Å²) < 4.78 is 1.53. The zero-order chi connectivity index (χ0) is 17.8. The van der Waals surface area contributed by atoms with E-state index in [4.69, 9.17) is 5.11 Å². The van der Waals surface area contributed by atoms with Crippen LogP contribution in [-0.4, -0.2) is 49.7 Å². The van der Waals surface area contributed by atoms with Crippen molar-refractivity contribution in [3.05, 3.63) is 34.0 Å². The number of thiazole rings is 1. The molecule has 1 N–H and O–H groups in total. The van der Waals surface area contributed by atoms with Gasteiger partial charge in [-0.15, -0.1) is 11.3 Å². The number of hydrogen-bond donors (Lipinski definition) is 1. The van der Waals surface area contributed by atoms with E-state index in [0.717, 1.165) is 37.2 Å². The van der Waals surface area contributed by atoms with Gasteiger partial charge in [0.1, 0.15) is 6.54 Å². The molecule has 1 saturated heterocycles. The molecule has 25 heavy (non-hydrogen) atoms. The molecule has 7 nitrogen and oxygen atoms in total. The van der Waals surface area contributed by atoms with E-state index in [9.17, 15) is 9.59 Å². The van der Waals surface area contributed by atoms with Crippen LogP contribution < -0.4 is 0 Å². The average Bonchev–Trinajstić information content (AvgIpc) is 3.21. The summed E-state index contributed by atoms with van der Waals surface area (Å²) in [4.78, 5) is 30.8. The molecule has 1 aliphatic rings. The van der Waals surface area contributed by atoms with Gasteiger partial charge in [0.15, 0.2) is 0 Å². The SMILES string of the molecule is Cc1ncsc1CCC(=O)N1CCC[C@@H](c2ccnn2CC(=O)O)C1. The van der Waals surface area contributed by atoms with Gasteiger partial charge in [0.05, 0.1) is 11.2 Å². The number of amides is 1. The summed E-state index contributed by atoms with van der Waals surface area (Å²) in [7, 11) is 0. The molecule has 2 aromatic heterocycles. The van der Waals surface area contributed by atoms with Gasteiger partial charge in [-0.1, -0.05) is 0 Å². The Balaban J connectivity index is 1.61. The van der Waals surface area contributed by atoms with E-state index in [1.165, 1.54) is 9.56 Å². The van der Waals surface area contributed by atoms with Crippen LogP contribution >= 0.6 is 11.3 Å². The molecule has 0 spiro atoms. The zero-order valence-corrected chi connectivity index (χ0v) is 15.0. The van der Waals surface area contributed by atoms with E-state index in [-0.39, 0.29) is 18.4 Å². The summed E-state index contributed by atoms with van der Waals surface area (Å²) in [6, 6.07) is 1.86. The Morgan fingerprint density at radius 2 is 2.28 bits per heavy atom. The van der Waals surface area contributed by atoms with Crippen molar-refractivity contribution in [1.29, 1.82) is 0 Å². The minimum Gasteiger partial charge on any atom is -0.480 e. The van der Waals surface area contributed by atoms with Crippen molar-refractivity contribution in [2.75, 3.05) is 13.1 Å². The second kappa shape index (κ2) is 7.77. The number of piperidine rings is 1. The van der Waals surface area contributed by atoms with E-state index in [0.29, 0.717) is 13.0 Å². The maximum Gasteiger partial charge on any atom is 0.325 e. The van der Waals surface area contributed by atoms with Crippen LogP contribution in [0, 0.1) is 6.92 Å². The van der Waals surface area contributed by atoms with Crippen LogP contribution in [0.15, 0.2) is 17.8 Å². The van der Waals surface area contributed by atoms with Crippen molar-refractivity contribution in [3.63, 3.8) is 0 Å². The number of carboxylic acid groups (broad SMARTS) is 1. The van der Waals surface area contributed by atoms with Gasteiger partial charge in [0, 0.05) is 42.2 Å². The fourth-order valence-corrected chi connectivity index (χ4v) is 4.12. The van der Waals surface area contributed by atoms with Gasteiger partial charge in [-0.25, -0.2) is 4.98 Å². The van der Waals surface area contributed by atoms with E-state index >= 15 is 0 Å². The number of likely N-dealkylation sites (tertiary alicyclic amines) is 1. The van der Waals surface area contributed by atoms with Crippen molar-refractivity contribution in [3.8, 4) is 0 Å². The Labute approximate surface area is 150 Å². The van der Waals surface area contributed by atoms with Crippen LogP contribution in [0.4, 0.5) is 0 Å². The topological polar surface area (TPSA) is 88.3 Å². The molecule has 134 valence electrons. The molecule has 1 amide bonds. The second-order valence-electron chi connectivity index (χ2n) is 6.35. The molecule has 1 aliphatic heterocycles. The molecule has 0 unspecified atom stereocenters. The molecule has 0 saturated carbocycles. The number of hydrogen-bond acceptors (Lipinski definition) is 5. The minimum absolute atomic E-state index is 0.141. The molecule has 1 fully saturated rings. The van der Waals surface area contributed by atoms with Crippen molar-refractivity contribution in [2.45, 2.75) is 45.1 Å². The highest BCUT2D eigenvalue weighted by Crippen LogP contribution is 2.27. The average molecular weight is 362 g/mol. The van der Waals surface area contributed by atoms with Crippen molar-refractivity contribution < 1.29 is 14.7 Å². The van der Waals surface area contributed by atoms with Gasteiger partial charge < -0.3 is 10.0 Å². The van der Waals surface area contributed by atoms with E-state index in [2.05, 4.69) is 10.1 Å². The number of aryl methyl sites for hydroxylation is 2. The van der Waals surface area contributed by atoms with E-state index in [1.54, 1.807) is 17.5 Å². The number of aromatic nitrogens is 3. The van der Waals surface area contributed by atoms with Gasteiger partial charge in [-0.05, 0) is 32.3 Å².